The zero-order valence-electron chi connectivity index (χ0n) is 14.5. The second kappa shape index (κ2) is 7.62. The van der Waals surface area contributed by atoms with Crippen molar-refractivity contribution in [3.8, 4) is 0 Å². The molecule has 0 bridgehead atoms. The van der Waals surface area contributed by atoms with E-state index in [1.54, 1.807) is 12.4 Å². The summed E-state index contributed by atoms with van der Waals surface area (Å²) in [5.41, 5.74) is 7.61. The summed E-state index contributed by atoms with van der Waals surface area (Å²) in [4.78, 5) is 31.5. The van der Waals surface area contributed by atoms with Gasteiger partial charge >= 0.3 is 0 Å². The van der Waals surface area contributed by atoms with E-state index in [2.05, 4.69) is 37.1 Å². The summed E-state index contributed by atoms with van der Waals surface area (Å²) in [6, 6.07) is 4.15. The van der Waals surface area contributed by atoms with E-state index >= 15 is 0 Å². The molecule has 2 amide bonds. The van der Waals surface area contributed by atoms with Crippen LogP contribution in [0.1, 0.15) is 31.2 Å². The van der Waals surface area contributed by atoms with Gasteiger partial charge in [0.1, 0.15) is 0 Å². The van der Waals surface area contributed by atoms with Crippen molar-refractivity contribution in [3.63, 3.8) is 0 Å². The highest BCUT2D eigenvalue weighted by atomic mass is 79.9. The van der Waals surface area contributed by atoms with E-state index in [4.69, 9.17) is 0 Å². The van der Waals surface area contributed by atoms with Crippen LogP contribution in [0.3, 0.4) is 0 Å². The average Bonchev–Trinajstić information content (AvgIpc) is 3.23. The number of carbonyl (C=O) groups excluding carboxylic acids is 2. The molecule has 1 aliphatic carbocycles. The van der Waals surface area contributed by atoms with Crippen molar-refractivity contribution in [3.05, 3.63) is 30.1 Å². The van der Waals surface area contributed by atoms with E-state index in [0.717, 1.165) is 24.8 Å². The molecule has 2 saturated heterocycles. The number of pyridine rings is 1. The molecule has 0 radical (unpaired) electrons. The number of hydrogen-bond acceptors (Lipinski definition) is 5. The van der Waals surface area contributed by atoms with Crippen molar-refractivity contribution < 1.29 is 9.59 Å². The zero-order chi connectivity index (χ0) is 18.1. The Kier molecular flexibility index (Phi) is 5.24. The first-order valence-electron chi connectivity index (χ1n) is 9.23. The van der Waals surface area contributed by atoms with Gasteiger partial charge in [-0.1, -0.05) is 22.0 Å². The SMILES string of the molecule is O=C(NCc1cccnc1)C1CC(=O)N(C2NNC3CC(Br)CCC32)C1. The lowest BCUT2D eigenvalue weighted by atomic mass is 9.84. The van der Waals surface area contributed by atoms with Crippen LogP contribution in [0.2, 0.25) is 0 Å². The number of halogens is 1. The van der Waals surface area contributed by atoms with Crippen LogP contribution in [-0.4, -0.2) is 45.3 Å². The van der Waals surface area contributed by atoms with Gasteiger partial charge in [0.15, 0.2) is 0 Å². The minimum atomic E-state index is -0.285. The molecular weight excluding hydrogens is 398 g/mol. The number of likely N-dealkylation sites (tertiary alicyclic amines) is 1. The first kappa shape index (κ1) is 17.9. The smallest absolute Gasteiger partial charge is 0.225 e. The van der Waals surface area contributed by atoms with Gasteiger partial charge in [0.25, 0.3) is 0 Å². The Morgan fingerprint density at radius 1 is 1.38 bits per heavy atom. The topological polar surface area (TPSA) is 86.4 Å². The summed E-state index contributed by atoms with van der Waals surface area (Å²) in [5, 5.41) is 2.93. The lowest BCUT2D eigenvalue weighted by molar-refractivity contribution is -0.131. The Morgan fingerprint density at radius 3 is 3.08 bits per heavy atom. The second-order valence-corrected chi connectivity index (χ2v) is 8.74. The Balaban J connectivity index is 1.34. The number of fused-ring (bicyclic) bond motifs is 1. The quantitative estimate of drug-likeness (QED) is 0.629. The molecule has 3 aliphatic rings. The van der Waals surface area contributed by atoms with E-state index in [1.807, 2.05) is 17.0 Å². The van der Waals surface area contributed by atoms with Gasteiger partial charge in [-0.15, -0.1) is 0 Å². The minimum absolute atomic E-state index is 0.0105. The van der Waals surface area contributed by atoms with Crippen molar-refractivity contribution in [1.29, 1.82) is 0 Å². The molecule has 26 heavy (non-hydrogen) atoms. The summed E-state index contributed by atoms with van der Waals surface area (Å²) < 4.78 is 0. The van der Waals surface area contributed by atoms with Gasteiger partial charge in [-0.3, -0.25) is 20.0 Å². The zero-order valence-corrected chi connectivity index (χ0v) is 16.1. The van der Waals surface area contributed by atoms with Gasteiger partial charge in [0.2, 0.25) is 11.8 Å². The number of nitrogens with zero attached hydrogens (tertiary/aromatic N) is 2. The molecule has 2 aliphatic heterocycles. The summed E-state index contributed by atoms with van der Waals surface area (Å²) in [7, 11) is 0. The molecule has 3 heterocycles. The molecule has 3 N–H and O–H groups in total. The highest BCUT2D eigenvalue weighted by molar-refractivity contribution is 9.09. The number of amides is 2. The highest BCUT2D eigenvalue weighted by Crippen LogP contribution is 2.36. The summed E-state index contributed by atoms with van der Waals surface area (Å²) >= 11 is 3.70. The minimum Gasteiger partial charge on any atom is -0.352 e. The first-order valence-corrected chi connectivity index (χ1v) is 10.1. The molecule has 0 aromatic carbocycles. The second-order valence-electron chi connectivity index (χ2n) is 7.44. The Hall–Kier alpha value is -1.51. The maximum absolute atomic E-state index is 12.5. The standard InChI is InChI=1S/C18H24BrN5O2/c19-13-3-4-14-15(7-13)22-23-17(14)24-10-12(6-16(24)25)18(26)21-9-11-2-1-5-20-8-11/h1-2,5,8,12-15,17,22-23H,3-4,6-7,9-10H2,(H,21,26). The fourth-order valence-electron chi connectivity index (χ4n) is 4.31. The third-order valence-corrected chi connectivity index (χ3v) is 6.55. The van der Waals surface area contributed by atoms with Crippen molar-refractivity contribution in [2.75, 3.05) is 6.54 Å². The molecule has 5 atom stereocenters. The Labute approximate surface area is 161 Å². The maximum atomic E-state index is 12.5. The molecule has 0 spiro atoms. The largest absolute Gasteiger partial charge is 0.352 e. The lowest BCUT2D eigenvalue weighted by Crippen LogP contribution is -2.48. The first-order chi connectivity index (χ1) is 12.6. The molecule has 3 fully saturated rings. The molecule has 1 saturated carbocycles. The van der Waals surface area contributed by atoms with Gasteiger partial charge in [0, 0.05) is 48.7 Å². The van der Waals surface area contributed by atoms with E-state index in [-0.39, 0.29) is 30.3 Å². The number of aromatic nitrogens is 1. The van der Waals surface area contributed by atoms with Crippen LogP contribution in [0, 0.1) is 11.8 Å². The van der Waals surface area contributed by atoms with E-state index in [1.165, 1.54) is 0 Å². The summed E-state index contributed by atoms with van der Waals surface area (Å²) in [6.45, 7) is 0.927. The molecule has 8 heteroatoms. The average molecular weight is 422 g/mol. The molecule has 140 valence electrons. The van der Waals surface area contributed by atoms with Crippen LogP contribution in [-0.2, 0) is 16.1 Å². The number of alkyl halides is 1. The Morgan fingerprint density at radius 2 is 2.27 bits per heavy atom. The van der Waals surface area contributed by atoms with Crippen LogP contribution in [0.5, 0.6) is 0 Å². The molecular formula is C18H24BrN5O2. The number of hydrogen-bond donors (Lipinski definition) is 3. The predicted octanol–water partition coefficient (Wildman–Crippen LogP) is 0.912. The van der Waals surface area contributed by atoms with Crippen molar-refractivity contribution in [2.24, 2.45) is 11.8 Å². The Bertz CT molecular complexity index is 673. The monoisotopic (exact) mass is 421 g/mol. The lowest BCUT2D eigenvalue weighted by Gasteiger charge is -2.34. The molecule has 1 aromatic rings. The van der Waals surface area contributed by atoms with Crippen molar-refractivity contribution >= 4 is 27.7 Å². The molecule has 7 nitrogen and oxygen atoms in total. The van der Waals surface area contributed by atoms with Crippen LogP contribution in [0.4, 0.5) is 0 Å². The van der Waals surface area contributed by atoms with Gasteiger partial charge < -0.3 is 10.2 Å². The normalized spacial score (nSPS) is 34.0. The van der Waals surface area contributed by atoms with Crippen LogP contribution < -0.4 is 16.2 Å². The number of nitrogens with one attached hydrogen (secondary N) is 3. The van der Waals surface area contributed by atoms with Gasteiger partial charge in [-0.2, -0.15) is 0 Å². The van der Waals surface area contributed by atoms with Crippen molar-refractivity contribution in [1.82, 2.24) is 26.1 Å². The van der Waals surface area contributed by atoms with E-state index in [9.17, 15) is 9.59 Å². The van der Waals surface area contributed by atoms with Gasteiger partial charge in [-0.25, -0.2) is 5.43 Å². The number of carbonyl (C=O) groups is 2. The van der Waals surface area contributed by atoms with Crippen LogP contribution >= 0.6 is 15.9 Å². The third-order valence-electron chi connectivity index (χ3n) is 5.72. The predicted molar refractivity (Wildman–Crippen MR) is 99.8 cm³/mol. The van der Waals surface area contributed by atoms with E-state index < -0.39 is 0 Å². The number of hydrazine groups is 1. The summed E-state index contributed by atoms with van der Waals surface area (Å²) in [5.74, 6) is 0.126. The maximum Gasteiger partial charge on any atom is 0.225 e. The van der Waals surface area contributed by atoms with Gasteiger partial charge in [-0.05, 0) is 30.9 Å². The third kappa shape index (κ3) is 3.63. The molecule has 5 unspecified atom stereocenters. The van der Waals surface area contributed by atoms with E-state index in [0.29, 0.717) is 29.9 Å². The van der Waals surface area contributed by atoms with Crippen molar-refractivity contribution in [2.45, 2.75) is 49.3 Å². The molecule has 4 rings (SSSR count). The number of rotatable bonds is 4. The fourth-order valence-corrected chi connectivity index (χ4v) is 4.97. The van der Waals surface area contributed by atoms with Gasteiger partial charge in [0.05, 0.1) is 12.1 Å². The van der Waals surface area contributed by atoms with Crippen LogP contribution in [0.25, 0.3) is 0 Å². The highest BCUT2D eigenvalue weighted by Gasteiger charge is 2.47. The molecule has 1 aromatic heterocycles. The summed E-state index contributed by atoms with van der Waals surface area (Å²) in [6.07, 6.45) is 6.98. The fraction of sp³-hybridized carbons (Fsp3) is 0.611. The van der Waals surface area contributed by atoms with Crippen LogP contribution in [0.15, 0.2) is 24.5 Å².